The number of hydrogen-bond acceptors (Lipinski definition) is 3. The number of unbranched alkanes of at least 4 members (excludes halogenated alkanes) is 1. The van der Waals surface area contributed by atoms with Crippen LogP contribution in [0, 0.1) is 13.8 Å². The number of hydrogen-bond donors (Lipinski definition) is 2. The van der Waals surface area contributed by atoms with Crippen molar-refractivity contribution in [3.05, 3.63) is 53.6 Å². The minimum absolute atomic E-state index is 0.0292. The smallest absolute Gasteiger partial charge is 0.234 e. The molecule has 138 valence electrons. The van der Waals surface area contributed by atoms with E-state index in [2.05, 4.69) is 17.6 Å². The Morgan fingerprint density at radius 2 is 1.81 bits per heavy atom. The number of carbonyl (C=O) groups excluding carboxylic acids is 2. The zero-order valence-electron chi connectivity index (χ0n) is 15.6. The lowest BCUT2D eigenvalue weighted by Gasteiger charge is -2.10. The molecule has 0 saturated carbocycles. The van der Waals surface area contributed by atoms with Gasteiger partial charge in [-0.3, -0.25) is 9.59 Å². The van der Waals surface area contributed by atoms with Gasteiger partial charge >= 0.3 is 0 Å². The van der Waals surface area contributed by atoms with Crippen molar-refractivity contribution in [3.63, 3.8) is 0 Å². The molecule has 0 atom stereocenters. The third-order valence-corrected chi connectivity index (χ3v) is 4.89. The molecule has 2 amide bonds. The van der Waals surface area contributed by atoms with E-state index in [0.29, 0.717) is 12.2 Å². The van der Waals surface area contributed by atoms with Crippen molar-refractivity contribution in [2.75, 3.05) is 16.4 Å². The molecule has 0 bridgehead atoms. The maximum Gasteiger partial charge on any atom is 0.234 e. The summed E-state index contributed by atoms with van der Waals surface area (Å²) in [5, 5.41) is 5.85. The topological polar surface area (TPSA) is 58.2 Å². The van der Waals surface area contributed by atoms with E-state index in [1.54, 1.807) is 0 Å². The van der Waals surface area contributed by atoms with Crippen LogP contribution in [-0.4, -0.2) is 17.6 Å². The fraction of sp³-hybridized carbons (Fsp3) is 0.333. The number of aryl methyl sites for hydroxylation is 2. The molecule has 0 aliphatic rings. The van der Waals surface area contributed by atoms with E-state index in [4.69, 9.17) is 0 Å². The monoisotopic (exact) mass is 370 g/mol. The van der Waals surface area contributed by atoms with Crippen molar-refractivity contribution < 1.29 is 9.59 Å². The first-order valence-electron chi connectivity index (χ1n) is 8.87. The third-order valence-electron chi connectivity index (χ3n) is 3.90. The minimum atomic E-state index is -0.0423. The summed E-state index contributed by atoms with van der Waals surface area (Å²) >= 11 is 1.45. The first-order chi connectivity index (χ1) is 12.5. The highest BCUT2D eigenvalue weighted by molar-refractivity contribution is 8.00. The zero-order valence-corrected chi connectivity index (χ0v) is 16.4. The average Bonchev–Trinajstić information content (AvgIpc) is 2.61. The van der Waals surface area contributed by atoms with E-state index in [1.165, 1.54) is 17.3 Å². The maximum atomic E-state index is 12.2. The highest BCUT2D eigenvalue weighted by Crippen LogP contribution is 2.23. The van der Waals surface area contributed by atoms with Crippen LogP contribution in [0.1, 0.15) is 37.3 Å². The lowest BCUT2D eigenvalue weighted by Crippen LogP contribution is -2.15. The molecule has 26 heavy (non-hydrogen) atoms. The Morgan fingerprint density at radius 1 is 1.00 bits per heavy atom. The molecule has 2 aromatic rings. The van der Waals surface area contributed by atoms with E-state index < -0.39 is 0 Å². The van der Waals surface area contributed by atoms with Gasteiger partial charge in [0.1, 0.15) is 0 Å². The van der Waals surface area contributed by atoms with Gasteiger partial charge in [-0.25, -0.2) is 0 Å². The molecule has 2 aromatic carbocycles. The Hall–Kier alpha value is -2.27. The number of thioether (sulfide) groups is 1. The van der Waals surface area contributed by atoms with Crippen LogP contribution in [0.15, 0.2) is 47.4 Å². The van der Waals surface area contributed by atoms with Gasteiger partial charge in [0.05, 0.1) is 5.75 Å². The van der Waals surface area contributed by atoms with E-state index in [0.717, 1.165) is 34.7 Å². The van der Waals surface area contributed by atoms with E-state index >= 15 is 0 Å². The quantitative estimate of drug-likeness (QED) is 0.631. The van der Waals surface area contributed by atoms with Gasteiger partial charge in [-0.15, -0.1) is 11.8 Å². The Labute approximate surface area is 159 Å². The molecule has 0 saturated heterocycles. The Bertz CT molecular complexity index is 774. The van der Waals surface area contributed by atoms with Crippen molar-refractivity contribution in [1.82, 2.24) is 0 Å². The molecule has 0 fully saturated rings. The summed E-state index contributed by atoms with van der Waals surface area (Å²) in [6.07, 6.45) is 2.42. The van der Waals surface area contributed by atoms with Crippen LogP contribution in [0.25, 0.3) is 0 Å². The maximum absolute atomic E-state index is 12.2. The highest BCUT2D eigenvalue weighted by atomic mass is 32.2. The standard InChI is InChI=1S/C21H26N2O2S/c1-4-5-9-20(24)22-17-7-6-8-18(13-17)26-14-21(25)23-19-11-10-15(2)12-16(19)3/h6-8,10-13H,4-5,9,14H2,1-3H3,(H,22,24)(H,23,25). The second-order valence-corrected chi connectivity index (χ2v) is 7.38. The molecule has 0 heterocycles. The average molecular weight is 371 g/mol. The molecular weight excluding hydrogens is 344 g/mol. The van der Waals surface area contributed by atoms with Gasteiger partial charge in [0.2, 0.25) is 11.8 Å². The summed E-state index contributed by atoms with van der Waals surface area (Å²) in [6, 6.07) is 13.6. The van der Waals surface area contributed by atoms with Crippen LogP contribution < -0.4 is 10.6 Å². The first kappa shape index (κ1) is 20.0. The van der Waals surface area contributed by atoms with Crippen molar-refractivity contribution in [1.29, 1.82) is 0 Å². The van der Waals surface area contributed by atoms with Crippen LogP contribution in [0.4, 0.5) is 11.4 Å². The molecule has 2 rings (SSSR count). The van der Waals surface area contributed by atoms with E-state index in [-0.39, 0.29) is 11.8 Å². The fourth-order valence-corrected chi connectivity index (χ4v) is 3.27. The molecule has 0 radical (unpaired) electrons. The van der Waals surface area contributed by atoms with Crippen molar-refractivity contribution in [2.45, 2.75) is 44.9 Å². The summed E-state index contributed by atoms with van der Waals surface area (Å²) in [6.45, 7) is 6.08. The van der Waals surface area contributed by atoms with Crippen LogP contribution in [-0.2, 0) is 9.59 Å². The summed E-state index contributed by atoms with van der Waals surface area (Å²) in [5.74, 6) is 0.307. The Kier molecular flexibility index (Phi) is 7.73. The number of amides is 2. The number of nitrogens with one attached hydrogen (secondary N) is 2. The SMILES string of the molecule is CCCCC(=O)Nc1cccc(SCC(=O)Nc2ccc(C)cc2C)c1. The number of benzene rings is 2. The van der Waals surface area contributed by atoms with Crippen LogP contribution in [0.3, 0.4) is 0 Å². The molecule has 5 heteroatoms. The van der Waals surface area contributed by atoms with Gasteiger partial charge in [0.25, 0.3) is 0 Å². The molecule has 0 aliphatic carbocycles. The van der Waals surface area contributed by atoms with Crippen molar-refractivity contribution >= 4 is 35.0 Å². The molecule has 0 aromatic heterocycles. The predicted octanol–water partition coefficient (Wildman–Crippen LogP) is 5.16. The van der Waals surface area contributed by atoms with Gasteiger partial charge in [-0.2, -0.15) is 0 Å². The highest BCUT2D eigenvalue weighted by Gasteiger charge is 2.07. The van der Waals surface area contributed by atoms with Crippen molar-refractivity contribution in [3.8, 4) is 0 Å². The van der Waals surface area contributed by atoms with Gasteiger partial charge < -0.3 is 10.6 Å². The van der Waals surface area contributed by atoms with Gasteiger partial charge in [-0.1, -0.05) is 37.1 Å². The first-order valence-corrected chi connectivity index (χ1v) is 9.86. The lowest BCUT2D eigenvalue weighted by molar-refractivity contribution is -0.116. The van der Waals surface area contributed by atoms with Gasteiger partial charge in [0.15, 0.2) is 0 Å². The molecule has 0 unspecified atom stereocenters. The summed E-state index contributed by atoms with van der Waals surface area (Å²) in [4.78, 5) is 25.0. The predicted molar refractivity (Wildman–Crippen MR) is 110 cm³/mol. The van der Waals surface area contributed by atoms with E-state index in [9.17, 15) is 9.59 Å². The summed E-state index contributed by atoms with van der Waals surface area (Å²) in [7, 11) is 0. The summed E-state index contributed by atoms with van der Waals surface area (Å²) in [5.41, 5.74) is 3.84. The molecule has 0 spiro atoms. The summed E-state index contributed by atoms with van der Waals surface area (Å²) < 4.78 is 0. The van der Waals surface area contributed by atoms with Crippen LogP contribution in [0.5, 0.6) is 0 Å². The Morgan fingerprint density at radius 3 is 2.54 bits per heavy atom. The number of carbonyl (C=O) groups is 2. The zero-order chi connectivity index (χ0) is 18.9. The van der Waals surface area contributed by atoms with E-state index in [1.807, 2.05) is 56.3 Å². The lowest BCUT2D eigenvalue weighted by atomic mass is 10.1. The Balaban J connectivity index is 1.87. The third kappa shape index (κ3) is 6.56. The normalized spacial score (nSPS) is 10.4. The van der Waals surface area contributed by atoms with Crippen molar-refractivity contribution in [2.24, 2.45) is 0 Å². The molecular formula is C21H26N2O2S. The minimum Gasteiger partial charge on any atom is -0.326 e. The van der Waals surface area contributed by atoms with Crippen LogP contribution >= 0.6 is 11.8 Å². The number of anilines is 2. The molecule has 2 N–H and O–H groups in total. The van der Waals surface area contributed by atoms with Gasteiger partial charge in [0, 0.05) is 22.7 Å². The molecule has 0 aliphatic heterocycles. The van der Waals surface area contributed by atoms with Gasteiger partial charge in [-0.05, 0) is 50.1 Å². The van der Waals surface area contributed by atoms with Crippen LogP contribution in [0.2, 0.25) is 0 Å². The molecule has 4 nitrogen and oxygen atoms in total. The largest absolute Gasteiger partial charge is 0.326 e. The second-order valence-electron chi connectivity index (χ2n) is 6.33. The second kappa shape index (κ2) is 10.0. The number of rotatable bonds is 8. The fourth-order valence-electron chi connectivity index (χ4n) is 2.51.